The first-order valence-electron chi connectivity index (χ1n) is 12.6. The summed E-state index contributed by atoms with van der Waals surface area (Å²) >= 11 is 1.42. The number of nitrogens with zero attached hydrogens (tertiary/aromatic N) is 1. The highest BCUT2D eigenvalue weighted by atomic mass is 32.1. The van der Waals surface area contributed by atoms with Crippen molar-refractivity contribution in [2.45, 2.75) is 71.6 Å². The lowest BCUT2D eigenvalue weighted by molar-refractivity contribution is 0.0995. The molecule has 188 valence electrons. The van der Waals surface area contributed by atoms with Gasteiger partial charge in [-0.1, -0.05) is 51.2 Å². The Labute approximate surface area is 216 Å². The fourth-order valence-corrected chi connectivity index (χ4v) is 6.00. The minimum Gasteiger partial charge on any atom is -0.494 e. The predicted octanol–water partition coefficient (Wildman–Crippen LogP) is 7.79. The summed E-state index contributed by atoms with van der Waals surface area (Å²) in [7, 11) is 0. The van der Waals surface area contributed by atoms with Gasteiger partial charge in [-0.05, 0) is 90.1 Å². The smallest absolute Gasteiger partial charge is 0.293 e. The van der Waals surface area contributed by atoms with Crippen LogP contribution in [0.15, 0.2) is 46.9 Å². The Kier molecular flexibility index (Phi) is 6.19. The van der Waals surface area contributed by atoms with E-state index in [1.54, 1.807) is 6.07 Å². The van der Waals surface area contributed by atoms with E-state index in [1.165, 1.54) is 46.4 Å². The molecule has 1 aliphatic rings. The second-order valence-corrected chi connectivity index (χ2v) is 12.1. The second-order valence-electron chi connectivity index (χ2n) is 11.1. The van der Waals surface area contributed by atoms with Gasteiger partial charge in [0.05, 0.1) is 16.8 Å². The molecular formula is C30H34N2O3S. The first kappa shape index (κ1) is 24.6. The predicted molar refractivity (Wildman–Crippen MR) is 147 cm³/mol. The quantitative estimate of drug-likeness (QED) is 0.292. The van der Waals surface area contributed by atoms with Gasteiger partial charge in [0.1, 0.15) is 11.5 Å². The third kappa shape index (κ3) is 4.66. The van der Waals surface area contributed by atoms with Crippen LogP contribution in [0.25, 0.3) is 10.2 Å². The van der Waals surface area contributed by atoms with Crippen LogP contribution in [0.4, 0.5) is 5.13 Å². The van der Waals surface area contributed by atoms with Gasteiger partial charge in [0.2, 0.25) is 0 Å². The molecule has 2 aromatic heterocycles. The van der Waals surface area contributed by atoms with E-state index in [-0.39, 0.29) is 22.5 Å². The van der Waals surface area contributed by atoms with Crippen LogP contribution >= 0.6 is 11.3 Å². The van der Waals surface area contributed by atoms with Crippen LogP contribution in [0, 0.1) is 6.92 Å². The maximum absolute atomic E-state index is 12.9. The minimum absolute atomic E-state index is 0.155. The normalized spacial score (nSPS) is 16.1. The molecule has 1 N–H and O–H groups in total. The van der Waals surface area contributed by atoms with Crippen LogP contribution < -0.4 is 10.1 Å². The maximum Gasteiger partial charge on any atom is 0.293 e. The Balaban J connectivity index is 1.34. The largest absolute Gasteiger partial charge is 0.494 e. The van der Waals surface area contributed by atoms with Crippen LogP contribution in [0.1, 0.15) is 86.0 Å². The van der Waals surface area contributed by atoms with Crippen molar-refractivity contribution in [1.82, 2.24) is 4.98 Å². The molecule has 0 bridgehead atoms. The Morgan fingerprint density at radius 3 is 2.50 bits per heavy atom. The first-order chi connectivity index (χ1) is 17.1. The number of carbonyl (C=O) groups is 1. The number of hydrogen-bond donors (Lipinski definition) is 1. The number of ether oxygens (including phenoxy) is 1. The van der Waals surface area contributed by atoms with E-state index in [9.17, 15) is 4.79 Å². The van der Waals surface area contributed by atoms with Gasteiger partial charge in [-0.2, -0.15) is 0 Å². The molecule has 5 nitrogen and oxygen atoms in total. The molecule has 36 heavy (non-hydrogen) atoms. The van der Waals surface area contributed by atoms with Crippen LogP contribution in [-0.2, 0) is 17.3 Å². The van der Waals surface area contributed by atoms with Crippen molar-refractivity contribution in [1.29, 1.82) is 0 Å². The van der Waals surface area contributed by atoms with Crippen molar-refractivity contribution in [3.05, 3.63) is 76.2 Å². The molecule has 0 saturated heterocycles. The summed E-state index contributed by atoms with van der Waals surface area (Å²) in [4.78, 5) is 17.4. The lowest BCUT2D eigenvalue weighted by atomic mass is 9.62. The average Bonchev–Trinajstić information content (AvgIpc) is 3.44. The topological polar surface area (TPSA) is 64.4 Å². The van der Waals surface area contributed by atoms with E-state index in [2.05, 4.69) is 57.1 Å². The Hall–Kier alpha value is -3.12. The summed E-state index contributed by atoms with van der Waals surface area (Å²) < 4.78 is 12.5. The van der Waals surface area contributed by atoms with Crippen molar-refractivity contribution < 1.29 is 13.9 Å². The summed E-state index contributed by atoms with van der Waals surface area (Å²) in [6.07, 6.45) is 3.04. The van der Waals surface area contributed by atoms with Crippen molar-refractivity contribution in [3.8, 4) is 5.75 Å². The number of benzene rings is 2. The van der Waals surface area contributed by atoms with E-state index in [1.807, 2.05) is 31.2 Å². The molecule has 1 amide bonds. The molecule has 5 rings (SSSR count). The summed E-state index contributed by atoms with van der Waals surface area (Å²) in [6.45, 7) is 14.1. The third-order valence-electron chi connectivity index (χ3n) is 7.45. The highest BCUT2D eigenvalue weighted by Gasteiger charge is 2.37. The number of carbonyl (C=O) groups excluding carboxylic acids is 1. The zero-order valence-corrected chi connectivity index (χ0v) is 22.8. The van der Waals surface area contributed by atoms with Crippen LogP contribution in [-0.4, -0.2) is 17.5 Å². The molecule has 0 aliphatic heterocycles. The molecule has 2 aromatic carbocycles. The number of aryl methyl sites for hydroxylation is 1. The lowest BCUT2D eigenvalue weighted by Crippen LogP contribution is -2.34. The van der Waals surface area contributed by atoms with Gasteiger partial charge in [-0.25, -0.2) is 4.98 Å². The number of rotatable bonds is 6. The summed E-state index contributed by atoms with van der Waals surface area (Å²) in [5.41, 5.74) is 6.58. The third-order valence-corrected chi connectivity index (χ3v) is 8.38. The molecule has 0 atom stereocenters. The van der Waals surface area contributed by atoms with Gasteiger partial charge in [0.25, 0.3) is 5.91 Å². The highest BCUT2D eigenvalue weighted by Crippen LogP contribution is 2.46. The molecule has 0 radical (unpaired) electrons. The molecule has 6 heteroatoms. The monoisotopic (exact) mass is 502 g/mol. The number of hydrogen-bond acceptors (Lipinski definition) is 5. The number of nitrogens with one attached hydrogen (secondary N) is 1. The highest BCUT2D eigenvalue weighted by molar-refractivity contribution is 7.22. The molecule has 0 saturated carbocycles. The van der Waals surface area contributed by atoms with E-state index in [0.29, 0.717) is 18.2 Å². The Morgan fingerprint density at radius 2 is 1.78 bits per heavy atom. The molecule has 0 unspecified atom stereocenters. The lowest BCUT2D eigenvalue weighted by Gasteiger charge is -2.42. The fourth-order valence-electron chi connectivity index (χ4n) is 5.11. The van der Waals surface area contributed by atoms with Gasteiger partial charge < -0.3 is 9.15 Å². The van der Waals surface area contributed by atoms with Crippen molar-refractivity contribution >= 4 is 32.6 Å². The van der Waals surface area contributed by atoms with Gasteiger partial charge >= 0.3 is 0 Å². The molecule has 2 heterocycles. The molecule has 0 fully saturated rings. The van der Waals surface area contributed by atoms with Gasteiger partial charge in [0.15, 0.2) is 10.9 Å². The van der Waals surface area contributed by atoms with E-state index in [4.69, 9.17) is 9.15 Å². The molecule has 0 spiro atoms. The summed E-state index contributed by atoms with van der Waals surface area (Å²) in [5, 5.41) is 3.42. The number of fused-ring (bicyclic) bond motifs is 2. The van der Waals surface area contributed by atoms with E-state index < -0.39 is 0 Å². The molecule has 4 aromatic rings. The average molecular weight is 503 g/mol. The minimum atomic E-state index is -0.296. The number of amides is 1. The molecule has 1 aliphatic carbocycles. The summed E-state index contributed by atoms with van der Waals surface area (Å²) in [5.74, 6) is 1.57. The number of aromatic nitrogens is 1. The SMILES string of the molecule is CCOc1ccc2nc(NC(=O)c3ccc(Cc4cc5c(cc4C)C(C)(C)CCC5(C)C)o3)sc2c1. The van der Waals surface area contributed by atoms with Gasteiger partial charge in [0, 0.05) is 6.42 Å². The number of anilines is 1. The fraction of sp³-hybridized carbons (Fsp3) is 0.400. The second kappa shape index (κ2) is 9.07. The van der Waals surface area contributed by atoms with Crippen LogP contribution in [0.5, 0.6) is 5.75 Å². The van der Waals surface area contributed by atoms with Crippen LogP contribution in [0.3, 0.4) is 0 Å². The van der Waals surface area contributed by atoms with Gasteiger partial charge in [-0.15, -0.1) is 0 Å². The van der Waals surface area contributed by atoms with Crippen molar-refractivity contribution in [2.75, 3.05) is 11.9 Å². The van der Waals surface area contributed by atoms with Crippen molar-refractivity contribution in [2.24, 2.45) is 0 Å². The van der Waals surface area contributed by atoms with Crippen LogP contribution in [0.2, 0.25) is 0 Å². The van der Waals surface area contributed by atoms with E-state index in [0.717, 1.165) is 21.7 Å². The zero-order valence-electron chi connectivity index (χ0n) is 22.0. The number of thiazole rings is 1. The van der Waals surface area contributed by atoms with E-state index >= 15 is 0 Å². The molecular weight excluding hydrogens is 468 g/mol. The standard InChI is InChI=1S/C30H34N2O3S/c1-7-34-20-8-10-24-26(17-20)36-28(31-24)32-27(33)25-11-9-21(35-25)15-19-16-23-22(14-18(19)2)29(3,4)12-13-30(23,5)6/h8-11,14,16-17H,7,12-13,15H2,1-6H3,(H,31,32,33). The zero-order chi connectivity index (χ0) is 25.7. The first-order valence-corrected chi connectivity index (χ1v) is 13.5. The van der Waals surface area contributed by atoms with Gasteiger partial charge in [-0.3, -0.25) is 10.1 Å². The number of furan rings is 1. The summed E-state index contributed by atoms with van der Waals surface area (Å²) in [6, 6.07) is 14.1. The maximum atomic E-state index is 12.9. The van der Waals surface area contributed by atoms with Crippen molar-refractivity contribution in [3.63, 3.8) is 0 Å². The Bertz CT molecular complexity index is 1440. The Morgan fingerprint density at radius 1 is 1.06 bits per heavy atom.